The van der Waals surface area contributed by atoms with Crippen molar-refractivity contribution in [1.82, 2.24) is 20.9 Å². The summed E-state index contributed by atoms with van der Waals surface area (Å²) in [4.78, 5) is 81.6. The minimum absolute atomic E-state index is 0.0713. The monoisotopic (exact) mass is 659 g/mol. The van der Waals surface area contributed by atoms with Gasteiger partial charge in [0.15, 0.2) is 0 Å². The summed E-state index contributed by atoms with van der Waals surface area (Å²) in [7, 11) is 0. The smallest absolute Gasteiger partial charge is 0.329 e. The molecular weight excluding hydrogens is 602 g/mol. The molecule has 6 atom stereocenters. The van der Waals surface area contributed by atoms with Gasteiger partial charge in [0.2, 0.25) is 17.6 Å². The highest BCUT2D eigenvalue weighted by Gasteiger charge is 2.70. The standard InChI is InChI=1S/C35H57N5O7/c1-32(2,3)26(30(45)47-33(4,5)6)39-31(46)38-25(35(9)15-11-10-12-16-35)29(44)40-18-20-22(34(20,7)8)23(40)28(43)37-21(17-19-13-14-19)24(41)27(36)42/h19-23,25-26H,10-18H2,1-9H3,(H2,36,42)(H,37,43)(H2,38,39,46)/t20-,21?,22-,23-,25+,26+/m0/s1. The number of piperidine rings is 1. The number of urea groups is 1. The second-order valence-electron chi connectivity index (χ2n) is 17.5. The predicted octanol–water partition coefficient (Wildman–Crippen LogP) is 3.20. The average molecular weight is 660 g/mol. The molecule has 0 bridgehead atoms. The third kappa shape index (κ3) is 8.28. The quantitative estimate of drug-likeness (QED) is 0.194. The Hall–Kier alpha value is -3.18. The van der Waals surface area contributed by atoms with Crippen LogP contribution < -0.4 is 21.7 Å². The van der Waals surface area contributed by atoms with E-state index >= 15 is 0 Å². The van der Waals surface area contributed by atoms with Crippen molar-refractivity contribution in [2.24, 2.45) is 39.7 Å². The highest BCUT2D eigenvalue weighted by Crippen LogP contribution is 2.65. The van der Waals surface area contributed by atoms with Gasteiger partial charge >= 0.3 is 12.0 Å². The first kappa shape index (κ1) is 36.7. The number of Topliss-reactive ketones (excluding diaryl/α,β-unsaturated/α-hetero) is 1. The molecule has 5 amide bonds. The van der Waals surface area contributed by atoms with Crippen molar-refractivity contribution in [3.63, 3.8) is 0 Å². The van der Waals surface area contributed by atoms with E-state index in [1.165, 1.54) is 0 Å². The number of hydrogen-bond donors (Lipinski definition) is 4. The molecule has 1 heterocycles. The number of fused-ring (bicyclic) bond motifs is 1. The van der Waals surface area contributed by atoms with Crippen molar-refractivity contribution in [2.45, 2.75) is 143 Å². The molecule has 3 aliphatic carbocycles. The van der Waals surface area contributed by atoms with E-state index in [0.29, 0.717) is 25.8 Å². The Bertz CT molecular complexity index is 1270. The fourth-order valence-corrected chi connectivity index (χ4v) is 7.80. The Morgan fingerprint density at radius 3 is 2.00 bits per heavy atom. The summed E-state index contributed by atoms with van der Waals surface area (Å²) in [5.41, 5.74) is 3.11. The molecule has 12 heteroatoms. The van der Waals surface area contributed by atoms with Crippen LogP contribution in [0.1, 0.15) is 114 Å². The summed E-state index contributed by atoms with van der Waals surface area (Å²) < 4.78 is 5.61. The van der Waals surface area contributed by atoms with Gasteiger partial charge in [-0.15, -0.1) is 0 Å². The molecule has 3 saturated carbocycles. The third-order valence-corrected chi connectivity index (χ3v) is 10.9. The number of nitrogens with two attached hydrogens (primary N) is 1. The van der Waals surface area contributed by atoms with Gasteiger partial charge in [0.1, 0.15) is 23.7 Å². The molecule has 4 rings (SSSR count). The molecule has 0 spiro atoms. The minimum Gasteiger partial charge on any atom is -0.458 e. The van der Waals surface area contributed by atoms with E-state index in [0.717, 1.165) is 32.1 Å². The number of ether oxygens (including phenoxy) is 1. The number of carbonyl (C=O) groups is 6. The van der Waals surface area contributed by atoms with E-state index in [-0.39, 0.29) is 29.1 Å². The Morgan fingerprint density at radius 1 is 0.894 bits per heavy atom. The summed E-state index contributed by atoms with van der Waals surface area (Å²) in [6.07, 6.45) is 6.40. The number of rotatable bonds is 11. The van der Waals surface area contributed by atoms with Crippen LogP contribution in [0.4, 0.5) is 4.79 Å². The zero-order valence-electron chi connectivity index (χ0n) is 29.8. The number of likely N-dealkylation sites (tertiary alicyclic amines) is 1. The fraction of sp³-hybridized carbons (Fsp3) is 0.829. The second kappa shape index (κ2) is 13.0. The lowest BCUT2D eigenvalue weighted by Gasteiger charge is -2.43. The first-order valence-corrected chi connectivity index (χ1v) is 17.3. The fourth-order valence-electron chi connectivity index (χ4n) is 7.80. The van der Waals surface area contributed by atoms with Crippen LogP contribution in [0, 0.1) is 34.0 Å². The van der Waals surface area contributed by atoms with Crippen LogP contribution in [0.25, 0.3) is 0 Å². The van der Waals surface area contributed by atoms with Crippen molar-refractivity contribution in [3.05, 3.63) is 0 Å². The highest BCUT2D eigenvalue weighted by molar-refractivity contribution is 6.37. The Kier molecular flexibility index (Phi) is 10.2. The first-order valence-electron chi connectivity index (χ1n) is 17.3. The molecular formula is C35H57N5O7. The molecule has 1 aliphatic heterocycles. The van der Waals surface area contributed by atoms with Crippen LogP contribution in [-0.2, 0) is 28.7 Å². The minimum atomic E-state index is -1.10. The Balaban J connectivity index is 1.60. The van der Waals surface area contributed by atoms with Crippen LogP contribution in [0.5, 0.6) is 0 Å². The van der Waals surface area contributed by atoms with Crippen molar-refractivity contribution >= 4 is 35.5 Å². The van der Waals surface area contributed by atoms with Gasteiger partial charge in [-0.05, 0) is 74.0 Å². The zero-order chi connectivity index (χ0) is 35.3. The van der Waals surface area contributed by atoms with E-state index in [1.807, 2.05) is 27.7 Å². The number of carbonyl (C=O) groups excluding carboxylic acids is 6. The summed E-state index contributed by atoms with van der Waals surface area (Å²) >= 11 is 0. The molecule has 264 valence electrons. The molecule has 1 saturated heterocycles. The maximum absolute atomic E-state index is 14.7. The van der Waals surface area contributed by atoms with Gasteiger partial charge in [-0.1, -0.05) is 73.6 Å². The molecule has 12 nitrogen and oxygen atoms in total. The van der Waals surface area contributed by atoms with E-state index in [2.05, 4.69) is 29.8 Å². The summed E-state index contributed by atoms with van der Waals surface area (Å²) in [5.74, 6) is -3.17. The van der Waals surface area contributed by atoms with Gasteiger partial charge in [0.05, 0.1) is 6.04 Å². The van der Waals surface area contributed by atoms with Crippen molar-refractivity contribution in [2.75, 3.05) is 6.54 Å². The van der Waals surface area contributed by atoms with E-state index in [9.17, 15) is 28.8 Å². The van der Waals surface area contributed by atoms with Gasteiger partial charge in [0, 0.05) is 6.54 Å². The number of esters is 1. The van der Waals surface area contributed by atoms with E-state index in [4.69, 9.17) is 10.5 Å². The maximum atomic E-state index is 14.7. The SMILES string of the molecule is CC(C)(C)OC(=O)[C@@H](NC(=O)N[C@H](C(=O)N1C[C@H]2[C@@H]([C@H]1C(=O)NC(CC1CC1)C(=O)C(N)=O)C2(C)C)C1(C)CCCCC1)C(C)(C)C. The van der Waals surface area contributed by atoms with E-state index < -0.39 is 70.2 Å². The lowest BCUT2D eigenvalue weighted by atomic mass is 9.70. The highest BCUT2D eigenvalue weighted by atomic mass is 16.6. The predicted molar refractivity (Wildman–Crippen MR) is 175 cm³/mol. The lowest BCUT2D eigenvalue weighted by Crippen LogP contribution is -2.63. The average Bonchev–Trinajstić information content (AvgIpc) is 3.79. The van der Waals surface area contributed by atoms with Crippen LogP contribution in [0.3, 0.4) is 0 Å². The second-order valence-corrected chi connectivity index (χ2v) is 17.5. The van der Waals surface area contributed by atoms with Gasteiger partial charge < -0.3 is 31.3 Å². The van der Waals surface area contributed by atoms with Crippen LogP contribution in [-0.4, -0.2) is 76.7 Å². The van der Waals surface area contributed by atoms with E-state index in [1.54, 1.807) is 25.7 Å². The Labute approximate surface area is 279 Å². The Morgan fingerprint density at radius 2 is 1.49 bits per heavy atom. The van der Waals surface area contributed by atoms with Crippen LogP contribution in [0.15, 0.2) is 0 Å². The molecule has 4 fully saturated rings. The summed E-state index contributed by atoms with van der Waals surface area (Å²) in [6, 6.07) is -4.52. The van der Waals surface area contributed by atoms with Gasteiger partial charge in [0.25, 0.3) is 5.91 Å². The molecule has 47 heavy (non-hydrogen) atoms. The number of primary amides is 1. The van der Waals surface area contributed by atoms with Gasteiger partial charge in [-0.3, -0.25) is 19.2 Å². The maximum Gasteiger partial charge on any atom is 0.329 e. The molecule has 0 radical (unpaired) electrons. The lowest BCUT2D eigenvalue weighted by molar-refractivity contribution is -0.160. The number of nitrogens with one attached hydrogen (secondary N) is 3. The largest absolute Gasteiger partial charge is 0.458 e. The number of amides is 5. The molecule has 0 aromatic carbocycles. The molecule has 1 unspecified atom stereocenters. The topological polar surface area (TPSA) is 177 Å². The van der Waals surface area contributed by atoms with Crippen molar-refractivity contribution in [3.8, 4) is 0 Å². The summed E-state index contributed by atoms with van der Waals surface area (Å²) in [5, 5.41) is 8.54. The normalized spacial score (nSPS) is 26.6. The van der Waals surface area contributed by atoms with Crippen LogP contribution in [0.2, 0.25) is 0 Å². The van der Waals surface area contributed by atoms with Crippen LogP contribution >= 0.6 is 0 Å². The molecule has 5 N–H and O–H groups in total. The summed E-state index contributed by atoms with van der Waals surface area (Å²) in [6.45, 7) is 17.2. The van der Waals surface area contributed by atoms with Crippen molar-refractivity contribution in [1.29, 1.82) is 0 Å². The van der Waals surface area contributed by atoms with Gasteiger partial charge in [-0.25, -0.2) is 9.59 Å². The first-order chi connectivity index (χ1) is 21.6. The zero-order valence-corrected chi connectivity index (χ0v) is 29.8. The third-order valence-electron chi connectivity index (χ3n) is 10.9. The van der Waals surface area contributed by atoms with Crippen molar-refractivity contribution < 1.29 is 33.5 Å². The molecule has 0 aromatic heterocycles. The number of hydrogen-bond acceptors (Lipinski definition) is 7. The number of nitrogens with zero attached hydrogens (tertiary/aromatic N) is 1. The number of ketones is 1. The van der Waals surface area contributed by atoms with Gasteiger partial charge in [-0.2, -0.15) is 0 Å². The molecule has 0 aromatic rings. The molecule has 4 aliphatic rings.